The van der Waals surface area contributed by atoms with E-state index in [0.717, 1.165) is 39.3 Å². The quantitative estimate of drug-likeness (QED) is 0.721. The number of aromatic nitrogens is 2. The second kappa shape index (κ2) is 10.3. The number of hydrogen-bond acceptors (Lipinski definition) is 7. The third-order valence-electron chi connectivity index (χ3n) is 6.03. The minimum Gasteiger partial charge on any atom is -0.371 e. The van der Waals surface area contributed by atoms with E-state index in [4.69, 9.17) is 9.26 Å². The zero-order valence-corrected chi connectivity index (χ0v) is 17.5. The van der Waals surface area contributed by atoms with E-state index in [0.29, 0.717) is 49.0 Å². The van der Waals surface area contributed by atoms with Gasteiger partial charge in [-0.3, -0.25) is 9.69 Å². The van der Waals surface area contributed by atoms with Crippen LogP contribution < -0.4 is 5.32 Å². The summed E-state index contributed by atoms with van der Waals surface area (Å²) in [6.45, 7) is 12.8. The number of hydrogen-bond donors (Lipinski definition) is 1. The molecule has 1 aromatic heterocycles. The van der Waals surface area contributed by atoms with Crippen LogP contribution in [0.1, 0.15) is 57.9 Å². The maximum atomic E-state index is 12.7. The number of rotatable bonds is 8. The van der Waals surface area contributed by atoms with Gasteiger partial charge in [0.15, 0.2) is 5.82 Å². The van der Waals surface area contributed by atoms with Crippen molar-refractivity contribution < 1.29 is 14.1 Å². The van der Waals surface area contributed by atoms with Gasteiger partial charge in [0, 0.05) is 39.2 Å². The van der Waals surface area contributed by atoms with Gasteiger partial charge in [0.1, 0.15) is 6.10 Å². The van der Waals surface area contributed by atoms with Crippen molar-refractivity contribution in [3.8, 4) is 0 Å². The van der Waals surface area contributed by atoms with E-state index in [9.17, 15) is 4.79 Å². The molecule has 0 bridgehead atoms. The first kappa shape index (κ1) is 21.2. The highest BCUT2D eigenvalue weighted by Crippen LogP contribution is 2.25. The molecule has 2 atom stereocenters. The molecule has 2 aliphatic rings. The van der Waals surface area contributed by atoms with Gasteiger partial charge in [-0.2, -0.15) is 4.98 Å². The van der Waals surface area contributed by atoms with Crippen LogP contribution in [0.3, 0.4) is 0 Å². The van der Waals surface area contributed by atoms with Gasteiger partial charge in [0.25, 0.3) is 0 Å². The molecule has 0 saturated carbocycles. The van der Waals surface area contributed by atoms with Crippen LogP contribution in [-0.4, -0.2) is 71.7 Å². The van der Waals surface area contributed by atoms with Crippen molar-refractivity contribution in [2.45, 2.75) is 52.7 Å². The number of amides is 1. The molecular formula is C20H35N5O3. The Labute approximate surface area is 168 Å². The lowest BCUT2D eigenvalue weighted by Crippen LogP contribution is -2.48. The lowest BCUT2D eigenvalue weighted by atomic mass is 9.84. The number of nitrogens with one attached hydrogen (secondary N) is 1. The van der Waals surface area contributed by atoms with Crippen LogP contribution in [0.4, 0.5) is 0 Å². The van der Waals surface area contributed by atoms with Crippen molar-refractivity contribution >= 4 is 5.91 Å². The lowest BCUT2D eigenvalue weighted by Gasteiger charge is -2.35. The molecule has 2 aliphatic heterocycles. The zero-order chi connectivity index (χ0) is 19.9. The summed E-state index contributed by atoms with van der Waals surface area (Å²) in [4.78, 5) is 21.4. The van der Waals surface area contributed by atoms with E-state index in [1.54, 1.807) is 0 Å². The Bertz CT molecular complexity index is 609. The molecule has 8 heteroatoms. The van der Waals surface area contributed by atoms with Crippen molar-refractivity contribution in [3.05, 3.63) is 11.7 Å². The molecule has 3 heterocycles. The molecule has 28 heavy (non-hydrogen) atoms. The molecule has 0 aromatic carbocycles. The van der Waals surface area contributed by atoms with Gasteiger partial charge in [-0.05, 0) is 51.6 Å². The Morgan fingerprint density at radius 2 is 1.96 bits per heavy atom. The molecule has 2 fully saturated rings. The summed E-state index contributed by atoms with van der Waals surface area (Å²) < 4.78 is 10.9. The highest BCUT2D eigenvalue weighted by atomic mass is 16.5. The Kier molecular flexibility index (Phi) is 7.82. The summed E-state index contributed by atoms with van der Waals surface area (Å²) in [5.74, 6) is 2.66. The molecule has 0 radical (unpaired) electrons. The number of piperidine rings is 1. The van der Waals surface area contributed by atoms with Crippen LogP contribution in [-0.2, 0) is 16.1 Å². The van der Waals surface area contributed by atoms with Gasteiger partial charge >= 0.3 is 0 Å². The van der Waals surface area contributed by atoms with Gasteiger partial charge in [-0.15, -0.1) is 0 Å². The molecule has 1 N–H and O–H groups in total. The Morgan fingerprint density at radius 3 is 2.64 bits per heavy atom. The molecule has 0 spiro atoms. The SMILES string of the molecule is CCOC(C)c1noc(CN2CCN(C(=O)CC(C)C3CCNCC3)CC2)n1. The Hall–Kier alpha value is -1.51. The second-order valence-electron chi connectivity index (χ2n) is 8.07. The maximum absolute atomic E-state index is 12.7. The molecule has 1 aromatic rings. The number of piperazine rings is 1. The van der Waals surface area contributed by atoms with Crippen molar-refractivity contribution in [1.29, 1.82) is 0 Å². The predicted octanol–water partition coefficient (Wildman–Crippen LogP) is 1.84. The largest absolute Gasteiger partial charge is 0.371 e. The summed E-state index contributed by atoms with van der Waals surface area (Å²) in [7, 11) is 0. The molecule has 2 unspecified atom stereocenters. The minimum absolute atomic E-state index is 0.154. The van der Waals surface area contributed by atoms with Crippen molar-refractivity contribution in [2.24, 2.45) is 11.8 Å². The molecule has 158 valence electrons. The normalized spacial score (nSPS) is 21.6. The predicted molar refractivity (Wildman–Crippen MR) is 106 cm³/mol. The van der Waals surface area contributed by atoms with Crippen LogP contribution in [0.25, 0.3) is 0 Å². The van der Waals surface area contributed by atoms with Crippen LogP contribution in [0.5, 0.6) is 0 Å². The van der Waals surface area contributed by atoms with Gasteiger partial charge in [0.2, 0.25) is 11.8 Å². The zero-order valence-electron chi connectivity index (χ0n) is 17.5. The van der Waals surface area contributed by atoms with Crippen LogP contribution >= 0.6 is 0 Å². The van der Waals surface area contributed by atoms with Gasteiger partial charge in [-0.1, -0.05) is 12.1 Å². The van der Waals surface area contributed by atoms with Crippen molar-refractivity contribution in [2.75, 3.05) is 45.9 Å². The fraction of sp³-hybridized carbons (Fsp3) is 0.850. The minimum atomic E-state index is -0.154. The van der Waals surface area contributed by atoms with Crippen molar-refractivity contribution in [3.63, 3.8) is 0 Å². The molecule has 0 aliphatic carbocycles. The van der Waals surface area contributed by atoms with E-state index in [2.05, 4.69) is 27.3 Å². The fourth-order valence-corrected chi connectivity index (χ4v) is 4.15. The highest BCUT2D eigenvalue weighted by Gasteiger charge is 2.27. The molecular weight excluding hydrogens is 358 g/mol. The van der Waals surface area contributed by atoms with Gasteiger partial charge in [-0.25, -0.2) is 0 Å². The van der Waals surface area contributed by atoms with Gasteiger partial charge in [0.05, 0.1) is 6.54 Å². The molecule has 2 saturated heterocycles. The number of ether oxygens (including phenoxy) is 1. The second-order valence-corrected chi connectivity index (χ2v) is 8.07. The first-order chi connectivity index (χ1) is 13.6. The Balaban J connectivity index is 1.41. The van der Waals surface area contributed by atoms with Crippen LogP contribution in [0, 0.1) is 11.8 Å². The monoisotopic (exact) mass is 393 g/mol. The van der Waals surface area contributed by atoms with Crippen LogP contribution in [0.2, 0.25) is 0 Å². The number of carbonyl (C=O) groups is 1. The summed E-state index contributed by atoms with van der Waals surface area (Å²) >= 11 is 0. The molecule has 3 rings (SSSR count). The maximum Gasteiger partial charge on any atom is 0.240 e. The first-order valence-corrected chi connectivity index (χ1v) is 10.7. The average molecular weight is 394 g/mol. The lowest BCUT2D eigenvalue weighted by molar-refractivity contribution is -0.134. The summed E-state index contributed by atoms with van der Waals surface area (Å²) in [5, 5.41) is 7.41. The van der Waals surface area contributed by atoms with E-state index >= 15 is 0 Å². The standard InChI is InChI=1S/C20H35N5O3/c1-4-27-16(3)20-22-18(28-23-20)14-24-9-11-25(12-10-24)19(26)13-15(2)17-5-7-21-8-6-17/h15-17,21H,4-14H2,1-3H3. The van der Waals surface area contributed by atoms with E-state index in [1.165, 1.54) is 12.8 Å². The smallest absolute Gasteiger partial charge is 0.240 e. The Morgan fingerprint density at radius 1 is 1.25 bits per heavy atom. The average Bonchev–Trinajstić information content (AvgIpc) is 3.18. The van der Waals surface area contributed by atoms with E-state index in [1.807, 2.05) is 18.7 Å². The fourth-order valence-electron chi connectivity index (χ4n) is 4.15. The summed E-state index contributed by atoms with van der Waals surface area (Å²) in [6.07, 6.45) is 2.90. The summed E-state index contributed by atoms with van der Waals surface area (Å²) in [6, 6.07) is 0. The number of nitrogens with zero attached hydrogens (tertiary/aromatic N) is 4. The van der Waals surface area contributed by atoms with E-state index < -0.39 is 0 Å². The molecule has 8 nitrogen and oxygen atoms in total. The topological polar surface area (TPSA) is 83.7 Å². The number of carbonyl (C=O) groups excluding carboxylic acids is 1. The third-order valence-corrected chi connectivity index (χ3v) is 6.03. The van der Waals surface area contributed by atoms with Gasteiger partial charge < -0.3 is 19.5 Å². The summed E-state index contributed by atoms with van der Waals surface area (Å²) in [5.41, 5.74) is 0. The first-order valence-electron chi connectivity index (χ1n) is 10.7. The van der Waals surface area contributed by atoms with Crippen LogP contribution in [0.15, 0.2) is 4.52 Å². The highest BCUT2D eigenvalue weighted by molar-refractivity contribution is 5.76. The third kappa shape index (κ3) is 5.75. The van der Waals surface area contributed by atoms with E-state index in [-0.39, 0.29) is 6.10 Å². The van der Waals surface area contributed by atoms with Crippen molar-refractivity contribution in [1.82, 2.24) is 25.3 Å². The molecule has 1 amide bonds.